The Bertz CT molecular complexity index is 935. The number of carbonyl (C=O) groups excluding carboxylic acids is 1. The molecular formula is C21H26N2O3S. The van der Waals surface area contributed by atoms with Gasteiger partial charge < -0.3 is 5.32 Å². The predicted octanol–water partition coefficient (Wildman–Crippen LogP) is 3.44. The summed E-state index contributed by atoms with van der Waals surface area (Å²) in [5, 5.41) is 4.99. The summed E-state index contributed by atoms with van der Waals surface area (Å²) < 4.78 is 27.9. The average molecular weight is 387 g/mol. The highest BCUT2D eigenvalue weighted by molar-refractivity contribution is 7.89. The Hall–Kier alpha value is -1.92. The number of sulfonamides is 1. The number of amides is 1. The van der Waals surface area contributed by atoms with Crippen molar-refractivity contribution in [2.45, 2.75) is 61.9 Å². The standard InChI is InChI=1S/C21H26N2O3S/c24-21(22-18-9-2-1-3-10-18)20-11-6-14-23(20)27(25,26)19-13-12-16-7-4-5-8-17(16)15-19/h4-5,7-8,12-13,15,18,20H,1-3,6,9-11,14H2,(H,22,24)/t20-/m1/s1. The Morgan fingerprint density at radius 2 is 1.67 bits per heavy atom. The molecule has 1 N–H and O–H groups in total. The van der Waals surface area contributed by atoms with Crippen molar-refractivity contribution in [1.29, 1.82) is 0 Å². The van der Waals surface area contributed by atoms with E-state index in [-0.39, 0.29) is 16.8 Å². The Labute approximate surface area is 160 Å². The van der Waals surface area contributed by atoms with E-state index in [0.717, 1.165) is 42.9 Å². The fraction of sp³-hybridized carbons (Fsp3) is 0.476. The van der Waals surface area contributed by atoms with Gasteiger partial charge in [-0.25, -0.2) is 8.42 Å². The normalized spacial score (nSPS) is 22.1. The largest absolute Gasteiger partial charge is 0.352 e. The van der Waals surface area contributed by atoms with Gasteiger partial charge >= 0.3 is 0 Å². The molecule has 1 atom stereocenters. The van der Waals surface area contributed by atoms with E-state index < -0.39 is 16.1 Å². The smallest absolute Gasteiger partial charge is 0.243 e. The van der Waals surface area contributed by atoms with E-state index in [4.69, 9.17) is 0 Å². The van der Waals surface area contributed by atoms with Crippen LogP contribution >= 0.6 is 0 Å². The van der Waals surface area contributed by atoms with Crippen molar-refractivity contribution >= 4 is 26.7 Å². The number of benzene rings is 2. The summed E-state index contributed by atoms with van der Waals surface area (Å²) in [6.45, 7) is 0.401. The second-order valence-electron chi connectivity index (χ2n) is 7.63. The third-order valence-electron chi connectivity index (χ3n) is 5.79. The Morgan fingerprint density at radius 3 is 2.44 bits per heavy atom. The number of nitrogens with zero attached hydrogens (tertiary/aromatic N) is 1. The van der Waals surface area contributed by atoms with Crippen LogP contribution in [0.5, 0.6) is 0 Å². The first-order valence-corrected chi connectivity index (χ1v) is 11.3. The molecule has 6 heteroatoms. The van der Waals surface area contributed by atoms with E-state index in [1.807, 2.05) is 30.3 Å². The minimum atomic E-state index is -3.69. The summed E-state index contributed by atoms with van der Waals surface area (Å²) in [4.78, 5) is 13.1. The highest BCUT2D eigenvalue weighted by Gasteiger charge is 2.40. The first-order chi connectivity index (χ1) is 13.1. The van der Waals surface area contributed by atoms with Crippen LogP contribution in [0.25, 0.3) is 10.8 Å². The van der Waals surface area contributed by atoms with E-state index in [0.29, 0.717) is 13.0 Å². The lowest BCUT2D eigenvalue weighted by molar-refractivity contribution is -0.125. The molecule has 144 valence electrons. The maximum Gasteiger partial charge on any atom is 0.243 e. The SMILES string of the molecule is O=C(NC1CCCCC1)[C@H]1CCCN1S(=O)(=O)c1ccc2ccccc2c1. The number of hydrogen-bond acceptors (Lipinski definition) is 3. The zero-order valence-electron chi connectivity index (χ0n) is 15.4. The van der Waals surface area contributed by atoms with Crippen LogP contribution < -0.4 is 5.32 Å². The van der Waals surface area contributed by atoms with Gasteiger partial charge in [-0.3, -0.25) is 4.79 Å². The monoisotopic (exact) mass is 386 g/mol. The lowest BCUT2D eigenvalue weighted by Gasteiger charge is -2.28. The summed E-state index contributed by atoms with van der Waals surface area (Å²) in [6.07, 6.45) is 6.79. The summed E-state index contributed by atoms with van der Waals surface area (Å²) in [5.74, 6) is -0.135. The molecular weight excluding hydrogens is 360 g/mol. The van der Waals surface area contributed by atoms with E-state index in [9.17, 15) is 13.2 Å². The van der Waals surface area contributed by atoms with Crippen molar-refractivity contribution in [3.63, 3.8) is 0 Å². The molecule has 2 aromatic rings. The van der Waals surface area contributed by atoms with Crippen LogP contribution in [-0.4, -0.2) is 37.3 Å². The van der Waals surface area contributed by atoms with E-state index in [1.54, 1.807) is 12.1 Å². The fourth-order valence-electron chi connectivity index (χ4n) is 4.30. The molecule has 1 saturated carbocycles. The molecule has 1 heterocycles. The average Bonchev–Trinajstić information content (AvgIpc) is 3.19. The zero-order valence-corrected chi connectivity index (χ0v) is 16.2. The topological polar surface area (TPSA) is 66.5 Å². The molecule has 5 nitrogen and oxygen atoms in total. The van der Waals surface area contributed by atoms with Crippen LogP contribution in [0.2, 0.25) is 0 Å². The molecule has 0 bridgehead atoms. The van der Waals surface area contributed by atoms with Crippen LogP contribution in [0.3, 0.4) is 0 Å². The minimum absolute atomic E-state index is 0.135. The molecule has 2 fully saturated rings. The number of nitrogens with one attached hydrogen (secondary N) is 1. The molecule has 1 saturated heterocycles. The molecule has 0 unspecified atom stereocenters. The highest BCUT2D eigenvalue weighted by Crippen LogP contribution is 2.29. The van der Waals surface area contributed by atoms with E-state index in [2.05, 4.69) is 5.32 Å². The van der Waals surface area contributed by atoms with Crippen LogP contribution in [0.4, 0.5) is 0 Å². The maximum absolute atomic E-state index is 13.2. The lowest BCUT2D eigenvalue weighted by atomic mass is 9.95. The molecule has 0 aromatic heterocycles. The molecule has 27 heavy (non-hydrogen) atoms. The number of hydrogen-bond donors (Lipinski definition) is 1. The van der Waals surface area contributed by atoms with Crippen molar-refractivity contribution in [2.24, 2.45) is 0 Å². The molecule has 0 spiro atoms. The van der Waals surface area contributed by atoms with Crippen LogP contribution in [0, 0.1) is 0 Å². The summed E-state index contributed by atoms with van der Waals surface area (Å²) in [7, 11) is -3.69. The Balaban J connectivity index is 1.56. The summed E-state index contributed by atoms with van der Waals surface area (Å²) in [5.41, 5.74) is 0. The van der Waals surface area contributed by atoms with Crippen molar-refractivity contribution in [3.05, 3.63) is 42.5 Å². The first kappa shape index (κ1) is 18.4. The van der Waals surface area contributed by atoms with Gasteiger partial charge in [0.25, 0.3) is 0 Å². The quantitative estimate of drug-likeness (QED) is 0.875. The highest BCUT2D eigenvalue weighted by atomic mass is 32.2. The molecule has 2 aliphatic rings. The molecule has 1 aliphatic heterocycles. The third kappa shape index (κ3) is 3.73. The second-order valence-corrected chi connectivity index (χ2v) is 9.52. The predicted molar refractivity (Wildman–Crippen MR) is 106 cm³/mol. The van der Waals surface area contributed by atoms with Gasteiger partial charge in [-0.1, -0.05) is 49.6 Å². The zero-order chi connectivity index (χ0) is 18.9. The van der Waals surface area contributed by atoms with Gasteiger partial charge in [0.1, 0.15) is 6.04 Å². The van der Waals surface area contributed by atoms with E-state index >= 15 is 0 Å². The molecule has 2 aromatic carbocycles. The van der Waals surface area contributed by atoms with Gasteiger partial charge in [0.05, 0.1) is 4.90 Å². The lowest BCUT2D eigenvalue weighted by Crippen LogP contribution is -2.49. The molecule has 1 aliphatic carbocycles. The second kappa shape index (κ2) is 7.60. The third-order valence-corrected chi connectivity index (χ3v) is 7.69. The summed E-state index contributed by atoms with van der Waals surface area (Å²) >= 11 is 0. The van der Waals surface area contributed by atoms with Gasteiger partial charge in [-0.15, -0.1) is 0 Å². The van der Waals surface area contributed by atoms with Gasteiger partial charge in [-0.05, 0) is 48.6 Å². The van der Waals surface area contributed by atoms with Crippen molar-refractivity contribution in [1.82, 2.24) is 9.62 Å². The van der Waals surface area contributed by atoms with Gasteiger partial charge in [0.2, 0.25) is 15.9 Å². The van der Waals surface area contributed by atoms with Crippen LogP contribution in [0.1, 0.15) is 44.9 Å². The van der Waals surface area contributed by atoms with Crippen LogP contribution in [0.15, 0.2) is 47.4 Å². The number of rotatable bonds is 4. The van der Waals surface area contributed by atoms with E-state index in [1.165, 1.54) is 10.7 Å². The Kier molecular flexibility index (Phi) is 5.19. The van der Waals surface area contributed by atoms with Gasteiger partial charge in [-0.2, -0.15) is 4.31 Å². The van der Waals surface area contributed by atoms with Gasteiger partial charge in [0, 0.05) is 12.6 Å². The number of fused-ring (bicyclic) bond motifs is 1. The van der Waals surface area contributed by atoms with Gasteiger partial charge in [0.15, 0.2) is 0 Å². The minimum Gasteiger partial charge on any atom is -0.352 e. The first-order valence-electron chi connectivity index (χ1n) is 9.87. The fourth-order valence-corrected chi connectivity index (χ4v) is 5.99. The maximum atomic E-state index is 13.2. The number of carbonyl (C=O) groups is 1. The molecule has 4 rings (SSSR count). The Morgan fingerprint density at radius 1 is 0.926 bits per heavy atom. The summed E-state index contributed by atoms with van der Waals surface area (Å²) in [6, 6.07) is 12.5. The van der Waals surface area contributed by atoms with Crippen molar-refractivity contribution in [3.8, 4) is 0 Å². The molecule has 0 radical (unpaired) electrons. The van der Waals surface area contributed by atoms with Crippen molar-refractivity contribution < 1.29 is 13.2 Å². The van der Waals surface area contributed by atoms with Crippen LogP contribution in [-0.2, 0) is 14.8 Å². The molecule has 1 amide bonds. The van der Waals surface area contributed by atoms with Crippen molar-refractivity contribution in [2.75, 3.05) is 6.54 Å².